The number of aryl methyl sites for hydroxylation is 1. The zero-order valence-electron chi connectivity index (χ0n) is 10.1. The fraction of sp³-hybridized carbons (Fsp3) is 0.214. The lowest BCUT2D eigenvalue weighted by atomic mass is 10.1. The molecule has 0 fully saturated rings. The number of halogens is 1. The molecule has 1 amide bonds. The number of hydrogen-bond acceptors (Lipinski definition) is 2. The van der Waals surface area contributed by atoms with Crippen molar-refractivity contribution in [3.8, 4) is 0 Å². The molecule has 18 heavy (non-hydrogen) atoms. The SMILES string of the molecule is CCc1cc(Br)ccc1NC(=O)Cc1cccs1. The van der Waals surface area contributed by atoms with Crippen LogP contribution in [0.1, 0.15) is 17.4 Å². The van der Waals surface area contributed by atoms with Crippen molar-refractivity contribution in [3.05, 3.63) is 50.6 Å². The molecule has 0 aliphatic heterocycles. The smallest absolute Gasteiger partial charge is 0.229 e. The summed E-state index contributed by atoms with van der Waals surface area (Å²) < 4.78 is 1.04. The number of hydrogen-bond donors (Lipinski definition) is 1. The first kappa shape index (κ1) is 13.3. The van der Waals surface area contributed by atoms with Crippen LogP contribution < -0.4 is 5.32 Å². The molecular formula is C14H14BrNOS. The van der Waals surface area contributed by atoms with Gasteiger partial charge in [0.05, 0.1) is 6.42 Å². The molecule has 0 aliphatic rings. The number of rotatable bonds is 4. The Morgan fingerprint density at radius 2 is 2.22 bits per heavy atom. The third-order valence-electron chi connectivity index (χ3n) is 2.64. The van der Waals surface area contributed by atoms with Gasteiger partial charge in [0.1, 0.15) is 0 Å². The molecule has 1 heterocycles. The number of amides is 1. The molecule has 0 radical (unpaired) electrons. The van der Waals surface area contributed by atoms with Crippen molar-refractivity contribution in [1.29, 1.82) is 0 Å². The molecule has 0 saturated carbocycles. The zero-order valence-corrected chi connectivity index (χ0v) is 12.5. The van der Waals surface area contributed by atoms with E-state index >= 15 is 0 Å². The van der Waals surface area contributed by atoms with Crippen LogP contribution in [0.2, 0.25) is 0 Å². The van der Waals surface area contributed by atoms with Crippen molar-refractivity contribution in [1.82, 2.24) is 0 Å². The molecule has 0 atom stereocenters. The van der Waals surface area contributed by atoms with Crippen LogP contribution in [0.3, 0.4) is 0 Å². The normalized spacial score (nSPS) is 10.3. The molecule has 0 spiro atoms. The Bertz CT molecular complexity index is 537. The van der Waals surface area contributed by atoms with Gasteiger partial charge in [-0.25, -0.2) is 0 Å². The highest BCUT2D eigenvalue weighted by Crippen LogP contribution is 2.22. The maximum absolute atomic E-state index is 11.9. The van der Waals surface area contributed by atoms with Crippen molar-refractivity contribution in [2.75, 3.05) is 5.32 Å². The summed E-state index contributed by atoms with van der Waals surface area (Å²) in [5, 5.41) is 4.96. The van der Waals surface area contributed by atoms with Gasteiger partial charge in [-0.2, -0.15) is 0 Å². The van der Waals surface area contributed by atoms with Crippen LogP contribution in [0.5, 0.6) is 0 Å². The summed E-state index contributed by atoms with van der Waals surface area (Å²) in [6.45, 7) is 2.08. The molecule has 2 nitrogen and oxygen atoms in total. The third kappa shape index (κ3) is 3.43. The maximum atomic E-state index is 11.9. The molecular weight excluding hydrogens is 310 g/mol. The molecule has 2 aromatic rings. The van der Waals surface area contributed by atoms with Gasteiger partial charge in [0, 0.05) is 15.0 Å². The summed E-state index contributed by atoms with van der Waals surface area (Å²) in [7, 11) is 0. The average Bonchev–Trinajstić information content (AvgIpc) is 2.84. The largest absolute Gasteiger partial charge is 0.326 e. The lowest BCUT2D eigenvalue weighted by molar-refractivity contribution is -0.115. The van der Waals surface area contributed by atoms with E-state index in [0.717, 1.165) is 27.0 Å². The number of anilines is 1. The Hall–Kier alpha value is -1.13. The summed E-state index contributed by atoms with van der Waals surface area (Å²) in [5.41, 5.74) is 2.05. The van der Waals surface area contributed by atoms with Crippen LogP contribution >= 0.6 is 27.3 Å². The van der Waals surface area contributed by atoms with Gasteiger partial charge in [0.2, 0.25) is 5.91 Å². The van der Waals surface area contributed by atoms with Crippen LogP contribution in [-0.2, 0) is 17.6 Å². The van der Waals surface area contributed by atoms with E-state index in [2.05, 4.69) is 28.2 Å². The van der Waals surface area contributed by atoms with E-state index in [0.29, 0.717) is 6.42 Å². The number of carbonyl (C=O) groups excluding carboxylic acids is 1. The Labute approximate surface area is 119 Å². The average molecular weight is 324 g/mol. The summed E-state index contributed by atoms with van der Waals surface area (Å²) in [4.78, 5) is 13.0. The molecule has 2 rings (SSSR count). The third-order valence-corrected chi connectivity index (χ3v) is 4.01. The minimum atomic E-state index is 0.0365. The van der Waals surface area contributed by atoms with Gasteiger partial charge < -0.3 is 5.32 Å². The lowest BCUT2D eigenvalue weighted by Gasteiger charge is -2.10. The number of benzene rings is 1. The van der Waals surface area contributed by atoms with Gasteiger partial charge in [-0.05, 0) is 41.6 Å². The van der Waals surface area contributed by atoms with Crippen LogP contribution in [0.25, 0.3) is 0 Å². The summed E-state index contributed by atoms with van der Waals surface area (Å²) >= 11 is 5.05. The summed E-state index contributed by atoms with van der Waals surface area (Å²) in [6.07, 6.45) is 1.34. The van der Waals surface area contributed by atoms with Gasteiger partial charge in [-0.3, -0.25) is 4.79 Å². The van der Waals surface area contributed by atoms with Gasteiger partial charge in [-0.15, -0.1) is 11.3 Å². The van der Waals surface area contributed by atoms with Crippen molar-refractivity contribution in [2.24, 2.45) is 0 Å². The van der Waals surface area contributed by atoms with Gasteiger partial charge in [0.25, 0.3) is 0 Å². The molecule has 0 aliphatic carbocycles. The van der Waals surface area contributed by atoms with E-state index in [4.69, 9.17) is 0 Å². The number of nitrogens with one attached hydrogen (secondary N) is 1. The first-order valence-corrected chi connectivity index (χ1v) is 7.47. The van der Waals surface area contributed by atoms with Crippen LogP contribution in [0.15, 0.2) is 40.2 Å². The van der Waals surface area contributed by atoms with E-state index in [1.165, 1.54) is 0 Å². The minimum absolute atomic E-state index is 0.0365. The standard InChI is InChI=1S/C14H14BrNOS/c1-2-10-8-11(15)5-6-13(10)16-14(17)9-12-4-3-7-18-12/h3-8H,2,9H2,1H3,(H,16,17). The Morgan fingerprint density at radius 3 is 2.89 bits per heavy atom. The Morgan fingerprint density at radius 1 is 1.39 bits per heavy atom. The molecule has 94 valence electrons. The molecule has 1 aromatic carbocycles. The highest BCUT2D eigenvalue weighted by molar-refractivity contribution is 9.10. The minimum Gasteiger partial charge on any atom is -0.326 e. The van der Waals surface area contributed by atoms with E-state index in [9.17, 15) is 4.79 Å². The molecule has 0 unspecified atom stereocenters. The molecule has 4 heteroatoms. The topological polar surface area (TPSA) is 29.1 Å². The highest BCUT2D eigenvalue weighted by Gasteiger charge is 2.07. The monoisotopic (exact) mass is 323 g/mol. The fourth-order valence-corrected chi connectivity index (χ4v) is 2.85. The van der Waals surface area contributed by atoms with Gasteiger partial charge in [0.15, 0.2) is 0 Å². The second kappa shape index (κ2) is 6.16. The molecule has 1 N–H and O–H groups in total. The van der Waals surface area contributed by atoms with Crippen LogP contribution in [0.4, 0.5) is 5.69 Å². The Balaban J connectivity index is 2.07. The van der Waals surface area contributed by atoms with E-state index < -0.39 is 0 Å². The van der Waals surface area contributed by atoms with Gasteiger partial charge in [-0.1, -0.05) is 28.9 Å². The van der Waals surface area contributed by atoms with E-state index in [-0.39, 0.29) is 5.91 Å². The van der Waals surface area contributed by atoms with Crippen molar-refractivity contribution < 1.29 is 4.79 Å². The quantitative estimate of drug-likeness (QED) is 0.895. The maximum Gasteiger partial charge on any atom is 0.229 e. The Kier molecular flexibility index (Phi) is 4.55. The van der Waals surface area contributed by atoms with Gasteiger partial charge >= 0.3 is 0 Å². The second-order valence-electron chi connectivity index (χ2n) is 3.96. The number of thiophene rings is 1. The fourth-order valence-electron chi connectivity index (χ4n) is 1.74. The number of carbonyl (C=O) groups is 1. The highest BCUT2D eigenvalue weighted by atomic mass is 79.9. The molecule has 1 aromatic heterocycles. The van der Waals surface area contributed by atoms with Crippen molar-refractivity contribution in [3.63, 3.8) is 0 Å². The van der Waals surface area contributed by atoms with Crippen molar-refractivity contribution in [2.45, 2.75) is 19.8 Å². The van der Waals surface area contributed by atoms with Crippen LogP contribution in [-0.4, -0.2) is 5.91 Å². The first-order valence-electron chi connectivity index (χ1n) is 5.79. The lowest BCUT2D eigenvalue weighted by Crippen LogP contribution is -2.14. The van der Waals surface area contributed by atoms with E-state index in [1.807, 2.05) is 35.7 Å². The van der Waals surface area contributed by atoms with E-state index in [1.54, 1.807) is 11.3 Å². The zero-order chi connectivity index (χ0) is 13.0. The van der Waals surface area contributed by atoms with Crippen LogP contribution in [0, 0.1) is 0 Å². The second-order valence-corrected chi connectivity index (χ2v) is 5.91. The predicted octanol–water partition coefficient (Wildman–Crippen LogP) is 4.25. The predicted molar refractivity (Wildman–Crippen MR) is 80.2 cm³/mol. The summed E-state index contributed by atoms with van der Waals surface area (Å²) in [6, 6.07) is 9.87. The molecule has 0 saturated heterocycles. The first-order chi connectivity index (χ1) is 8.69. The molecule has 0 bridgehead atoms. The van der Waals surface area contributed by atoms with Crippen molar-refractivity contribution >= 4 is 38.9 Å². The summed E-state index contributed by atoms with van der Waals surface area (Å²) in [5.74, 6) is 0.0365.